The number of nitrogens with one attached hydrogen (secondary N) is 1. The first kappa shape index (κ1) is 21.2. The molecule has 1 N–H and O–H groups in total. The average Bonchev–Trinajstić information content (AvgIpc) is 2.69. The lowest BCUT2D eigenvalue weighted by atomic mass is 10.1. The number of Topliss-reactive ketones (excluding diaryl/α,β-unsaturated/α-hetero) is 1. The van der Waals surface area contributed by atoms with E-state index in [-0.39, 0.29) is 18.2 Å². The van der Waals surface area contributed by atoms with Gasteiger partial charge in [-0.3, -0.25) is 14.5 Å². The first-order valence-electron chi connectivity index (χ1n) is 9.46. The summed E-state index contributed by atoms with van der Waals surface area (Å²) in [5.74, 6) is -0.197. The molecular weight excluding hydrogens is 390 g/mol. The summed E-state index contributed by atoms with van der Waals surface area (Å²) >= 11 is 0. The van der Waals surface area contributed by atoms with Gasteiger partial charge in [0.2, 0.25) is 15.9 Å². The number of sulfonamides is 1. The molecule has 0 atom stereocenters. The van der Waals surface area contributed by atoms with E-state index in [1.165, 1.54) is 11.2 Å². The maximum atomic E-state index is 12.7. The second-order valence-corrected chi connectivity index (χ2v) is 9.11. The molecule has 0 spiro atoms. The fourth-order valence-electron chi connectivity index (χ4n) is 3.18. The summed E-state index contributed by atoms with van der Waals surface area (Å²) in [6.45, 7) is 5.26. The first-order valence-corrected chi connectivity index (χ1v) is 10.9. The fraction of sp³-hybridized carbons (Fsp3) is 0.333. The Morgan fingerprint density at radius 3 is 2.07 bits per heavy atom. The Balaban J connectivity index is 1.52. The SMILES string of the molecule is CC(=O)c1ccc(NC(=O)CN2CCN(S(=O)(=O)c3ccc(C)cc3)CC2)cc1. The molecule has 0 unspecified atom stereocenters. The largest absolute Gasteiger partial charge is 0.325 e. The zero-order chi connectivity index (χ0) is 21.0. The van der Waals surface area contributed by atoms with Crippen LogP contribution in [-0.2, 0) is 14.8 Å². The van der Waals surface area contributed by atoms with Gasteiger partial charge in [0.05, 0.1) is 11.4 Å². The summed E-state index contributed by atoms with van der Waals surface area (Å²) in [7, 11) is -3.51. The minimum Gasteiger partial charge on any atom is -0.325 e. The van der Waals surface area contributed by atoms with E-state index >= 15 is 0 Å². The molecule has 0 bridgehead atoms. The molecule has 8 heteroatoms. The number of benzene rings is 2. The second-order valence-electron chi connectivity index (χ2n) is 7.17. The van der Waals surface area contributed by atoms with E-state index in [0.29, 0.717) is 42.3 Å². The van der Waals surface area contributed by atoms with Crippen LogP contribution in [0.1, 0.15) is 22.8 Å². The predicted octanol–water partition coefficient (Wildman–Crippen LogP) is 2.14. The van der Waals surface area contributed by atoms with Crippen molar-refractivity contribution in [3.05, 3.63) is 59.7 Å². The summed E-state index contributed by atoms with van der Waals surface area (Å²) in [5, 5.41) is 2.80. The molecule has 0 aliphatic carbocycles. The van der Waals surface area contributed by atoms with Crippen LogP contribution in [0, 0.1) is 6.92 Å². The number of rotatable bonds is 6. The van der Waals surface area contributed by atoms with Gasteiger partial charge >= 0.3 is 0 Å². The molecule has 1 aliphatic rings. The van der Waals surface area contributed by atoms with Crippen LogP contribution >= 0.6 is 0 Å². The van der Waals surface area contributed by atoms with Crippen molar-refractivity contribution in [3.63, 3.8) is 0 Å². The van der Waals surface area contributed by atoms with Crippen LogP contribution in [0.4, 0.5) is 5.69 Å². The molecule has 1 aliphatic heterocycles. The van der Waals surface area contributed by atoms with Crippen molar-refractivity contribution < 1.29 is 18.0 Å². The summed E-state index contributed by atoms with van der Waals surface area (Å²) in [6.07, 6.45) is 0. The topological polar surface area (TPSA) is 86.8 Å². The summed E-state index contributed by atoms with van der Waals surface area (Å²) in [4.78, 5) is 25.8. The Morgan fingerprint density at radius 2 is 1.52 bits per heavy atom. The molecule has 2 aromatic carbocycles. The van der Waals surface area contributed by atoms with Crippen molar-refractivity contribution in [3.8, 4) is 0 Å². The number of aryl methyl sites for hydroxylation is 1. The molecule has 0 saturated carbocycles. The van der Waals surface area contributed by atoms with Gasteiger partial charge in [-0.05, 0) is 50.2 Å². The predicted molar refractivity (Wildman–Crippen MR) is 111 cm³/mol. The van der Waals surface area contributed by atoms with Crippen molar-refractivity contribution in [1.82, 2.24) is 9.21 Å². The number of hydrogen-bond acceptors (Lipinski definition) is 5. The van der Waals surface area contributed by atoms with Crippen LogP contribution < -0.4 is 5.32 Å². The van der Waals surface area contributed by atoms with Crippen molar-refractivity contribution in [2.75, 3.05) is 38.0 Å². The average molecular weight is 416 g/mol. The van der Waals surface area contributed by atoms with Crippen molar-refractivity contribution in [2.24, 2.45) is 0 Å². The lowest BCUT2D eigenvalue weighted by Crippen LogP contribution is -2.50. The van der Waals surface area contributed by atoms with E-state index in [1.807, 2.05) is 11.8 Å². The zero-order valence-electron chi connectivity index (χ0n) is 16.6. The summed E-state index contributed by atoms with van der Waals surface area (Å²) in [6, 6.07) is 13.6. The van der Waals surface area contributed by atoms with Crippen molar-refractivity contribution in [2.45, 2.75) is 18.7 Å². The van der Waals surface area contributed by atoms with Gasteiger partial charge in [-0.15, -0.1) is 0 Å². The van der Waals surface area contributed by atoms with E-state index in [4.69, 9.17) is 0 Å². The molecule has 3 rings (SSSR count). The van der Waals surface area contributed by atoms with Crippen LogP contribution in [0.3, 0.4) is 0 Å². The van der Waals surface area contributed by atoms with Crippen LogP contribution in [0.2, 0.25) is 0 Å². The molecule has 154 valence electrons. The van der Waals surface area contributed by atoms with Gasteiger partial charge in [-0.25, -0.2) is 8.42 Å². The number of amides is 1. The van der Waals surface area contributed by atoms with Crippen LogP contribution in [0.25, 0.3) is 0 Å². The molecule has 1 fully saturated rings. The Bertz CT molecular complexity index is 978. The van der Waals surface area contributed by atoms with Gasteiger partial charge < -0.3 is 5.32 Å². The maximum absolute atomic E-state index is 12.7. The third-order valence-corrected chi connectivity index (χ3v) is 6.85. The molecule has 2 aromatic rings. The van der Waals surface area contributed by atoms with Crippen LogP contribution in [-0.4, -0.2) is 62.0 Å². The maximum Gasteiger partial charge on any atom is 0.243 e. The summed E-state index contributed by atoms with van der Waals surface area (Å²) in [5.41, 5.74) is 2.23. The molecule has 1 heterocycles. The third-order valence-electron chi connectivity index (χ3n) is 4.93. The van der Waals surface area contributed by atoms with E-state index in [0.717, 1.165) is 5.56 Å². The Morgan fingerprint density at radius 1 is 0.931 bits per heavy atom. The Kier molecular flexibility index (Phi) is 6.46. The number of hydrogen-bond donors (Lipinski definition) is 1. The number of ketones is 1. The van der Waals surface area contributed by atoms with Crippen LogP contribution in [0.15, 0.2) is 53.4 Å². The highest BCUT2D eigenvalue weighted by atomic mass is 32.2. The smallest absolute Gasteiger partial charge is 0.243 e. The number of piperazine rings is 1. The lowest BCUT2D eigenvalue weighted by Gasteiger charge is -2.33. The monoisotopic (exact) mass is 415 g/mol. The van der Waals surface area contributed by atoms with E-state index in [9.17, 15) is 18.0 Å². The van der Waals surface area contributed by atoms with E-state index in [1.54, 1.807) is 48.5 Å². The standard InChI is InChI=1S/C21H25N3O4S/c1-16-3-9-20(10-4-16)29(27,28)24-13-11-23(12-14-24)15-21(26)22-19-7-5-18(6-8-19)17(2)25/h3-10H,11-15H2,1-2H3,(H,22,26). The highest BCUT2D eigenvalue weighted by molar-refractivity contribution is 7.89. The normalized spacial score (nSPS) is 15.8. The van der Waals surface area contributed by atoms with Gasteiger partial charge in [-0.1, -0.05) is 17.7 Å². The minimum absolute atomic E-state index is 0.0265. The molecule has 0 radical (unpaired) electrons. The molecular formula is C21H25N3O4S. The molecule has 0 aromatic heterocycles. The number of anilines is 1. The van der Waals surface area contributed by atoms with Crippen molar-refractivity contribution >= 4 is 27.4 Å². The zero-order valence-corrected chi connectivity index (χ0v) is 17.4. The number of carbonyl (C=O) groups excluding carboxylic acids is 2. The number of nitrogens with zero attached hydrogens (tertiary/aromatic N) is 2. The number of carbonyl (C=O) groups is 2. The van der Waals surface area contributed by atoms with Crippen molar-refractivity contribution in [1.29, 1.82) is 0 Å². The van der Waals surface area contributed by atoms with E-state index in [2.05, 4.69) is 5.32 Å². The Hall–Kier alpha value is -2.55. The first-order chi connectivity index (χ1) is 13.8. The molecule has 7 nitrogen and oxygen atoms in total. The third kappa shape index (κ3) is 5.29. The quantitative estimate of drug-likeness (QED) is 0.731. The lowest BCUT2D eigenvalue weighted by molar-refractivity contribution is -0.117. The van der Waals surface area contributed by atoms with Gasteiger partial charge in [0.25, 0.3) is 0 Å². The fourth-order valence-corrected chi connectivity index (χ4v) is 4.60. The molecule has 1 saturated heterocycles. The minimum atomic E-state index is -3.51. The van der Waals surface area contributed by atoms with Crippen LogP contribution in [0.5, 0.6) is 0 Å². The molecule has 29 heavy (non-hydrogen) atoms. The molecule has 1 amide bonds. The van der Waals surface area contributed by atoms with Gasteiger partial charge in [0, 0.05) is 37.4 Å². The van der Waals surface area contributed by atoms with Gasteiger partial charge in [-0.2, -0.15) is 4.31 Å². The van der Waals surface area contributed by atoms with E-state index < -0.39 is 10.0 Å². The van der Waals surface area contributed by atoms with Gasteiger partial charge in [0.15, 0.2) is 5.78 Å². The van der Waals surface area contributed by atoms with Gasteiger partial charge in [0.1, 0.15) is 0 Å². The Labute approximate surface area is 171 Å². The highest BCUT2D eigenvalue weighted by Gasteiger charge is 2.28. The highest BCUT2D eigenvalue weighted by Crippen LogP contribution is 2.18. The second kappa shape index (κ2) is 8.86. The summed E-state index contributed by atoms with van der Waals surface area (Å²) < 4.78 is 27.0.